The monoisotopic (exact) mass is 227 g/mol. The number of hydrogen-bond acceptors (Lipinski definition) is 3. The predicted molar refractivity (Wildman–Crippen MR) is 56.9 cm³/mol. The smallest absolute Gasteiger partial charge is 0.326 e. The van der Waals surface area contributed by atoms with Gasteiger partial charge < -0.3 is 15.6 Å². The molecule has 0 spiro atoms. The highest BCUT2D eigenvalue weighted by Gasteiger charge is 2.29. The SMILES string of the molecule is Cc1cc(F)ccc1OCC(C)(N)C(=O)O. The number of benzene rings is 1. The molecular weight excluding hydrogens is 213 g/mol. The predicted octanol–water partition coefficient (Wildman–Crippen LogP) is 1.31. The first-order valence-corrected chi connectivity index (χ1v) is 4.74. The lowest BCUT2D eigenvalue weighted by atomic mass is 10.1. The fourth-order valence-electron chi connectivity index (χ4n) is 1.06. The zero-order valence-electron chi connectivity index (χ0n) is 9.16. The van der Waals surface area contributed by atoms with Crippen LogP contribution >= 0.6 is 0 Å². The summed E-state index contributed by atoms with van der Waals surface area (Å²) in [5.74, 6) is -1.08. The molecule has 0 aliphatic heterocycles. The molecule has 0 saturated heterocycles. The highest BCUT2D eigenvalue weighted by molar-refractivity contribution is 5.78. The molecule has 0 aliphatic rings. The molecule has 1 rings (SSSR count). The standard InChI is InChI=1S/C11H14FNO3/c1-7-5-8(12)3-4-9(7)16-6-11(2,13)10(14)15/h3-5H,6,13H2,1-2H3,(H,14,15). The summed E-state index contributed by atoms with van der Waals surface area (Å²) in [5.41, 5.74) is 4.63. The Kier molecular flexibility index (Phi) is 3.49. The Labute approximate surface area is 92.8 Å². The van der Waals surface area contributed by atoms with Crippen LogP contribution in [0.2, 0.25) is 0 Å². The van der Waals surface area contributed by atoms with Crippen molar-refractivity contribution >= 4 is 5.97 Å². The highest BCUT2D eigenvalue weighted by Crippen LogP contribution is 2.19. The van der Waals surface area contributed by atoms with Crippen molar-refractivity contribution in [2.45, 2.75) is 19.4 Å². The van der Waals surface area contributed by atoms with Crippen molar-refractivity contribution in [2.75, 3.05) is 6.61 Å². The van der Waals surface area contributed by atoms with Crippen LogP contribution in [0, 0.1) is 12.7 Å². The van der Waals surface area contributed by atoms with E-state index in [-0.39, 0.29) is 12.4 Å². The van der Waals surface area contributed by atoms with Gasteiger partial charge in [-0.25, -0.2) is 4.39 Å². The molecule has 1 atom stereocenters. The van der Waals surface area contributed by atoms with Crippen LogP contribution in [0.25, 0.3) is 0 Å². The summed E-state index contributed by atoms with van der Waals surface area (Å²) in [7, 11) is 0. The van der Waals surface area contributed by atoms with E-state index in [9.17, 15) is 9.18 Å². The van der Waals surface area contributed by atoms with Gasteiger partial charge in [0.05, 0.1) is 0 Å². The van der Waals surface area contributed by atoms with Gasteiger partial charge in [-0.2, -0.15) is 0 Å². The minimum absolute atomic E-state index is 0.172. The van der Waals surface area contributed by atoms with E-state index < -0.39 is 11.5 Å². The summed E-state index contributed by atoms with van der Waals surface area (Å²) >= 11 is 0. The molecule has 0 fully saturated rings. The van der Waals surface area contributed by atoms with Crippen molar-refractivity contribution in [1.82, 2.24) is 0 Å². The number of ether oxygens (including phenoxy) is 1. The van der Waals surface area contributed by atoms with Gasteiger partial charge in [-0.1, -0.05) is 0 Å². The van der Waals surface area contributed by atoms with Crippen LogP contribution in [0.15, 0.2) is 18.2 Å². The lowest BCUT2D eigenvalue weighted by molar-refractivity contribution is -0.143. The molecule has 0 aliphatic carbocycles. The summed E-state index contributed by atoms with van der Waals surface area (Å²) in [4.78, 5) is 10.7. The molecule has 3 N–H and O–H groups in total. The molecule has 0 radical (unpaired) electrons. The second kappa shape index (κ2) is 4.49. The van der Waals surface area contributed by atoms with Gasteiger partial charge in [-0.3, -0.25) is 4.79 Å². The third-order valence-corrected chi connectivity index (χ3v) is 2.15. The van der Waals surface area contributed by atoms with E-state index in [1.54, 1.807) is 6.92 Å². The molecular formula is C11H14FNO3. The molecule has 1 aromatic rings. The molecule has 1 aromatic carbocycles. The molecule has 88 valence electrons. The van der Waals surface area contributed by atoms with E-state index in [2.05, 4.69) is 0 Å². The summed E-state index contributed by atoms with van der Waals surface area (Å²) in [6.45, 7) is 2.86. The molecule has 16 heavy (non-hydrogen) atoms. The third-order valence-electron chi connectivity index (χ3n) is 2.15. The maximum atomic E-state index is 12.8. The van der Waals surface area contributed by atoms with Crippen molar-refractivity contribution in [3.63, 3.8) is 0 Å². The van der Waals surface area contributed by atoms with Gasteiger partial charge in [0.1, 0.15) is 23.7 Å². The van der Waals surface area contributed by atoms with Gasteiger partial charge in [-0.15, -0.1) is 0 Å². The Hall–Kier alpha value is -1.62. The van der Waals surface area contributed by atoms with Crippen molar-refractivity contribution in [3.8, 4) is 5.75 Å². The van der Waals surface area contributed by atoms with Gasteiger partial charge in [0.15, 0.2) is 0 Å². The Morgan fingerprint density at radius 1 is 1.62 bits per heavy atom. The number of nitrogens with two attached hydrogens (primary N) is 1. The number of carboxylic acid groups (broad SMARTS) is 1. The van der Waals surface area contributed by atoms with Crippen LogP contribution in [0.5, 0.6) is 5.75 Å². The average molecular weight is 227 g/mol. The first-order valence-electron chi connectivity index (χ1n) is 4.74. The average Bonchev–Trinajstić information content (AvgIpc) is 2.16. The Morgan fingerprint density at radius 3 is 2.75 bits per heavy atom. The number of carboxylic acids is 1. The van der Waals surface area contributed by atoms with E-state index in [1.165, 1.54) is 25.1 Å². The van der Waals surface area contributed by atoms with Crippen molar-refractivity contribution in [2.24, 2.45) is 5.73 Å². The van der Waals surface area contributed by atoms with E-state index in [0.717, 1.165) is 0 Å². The minimum atomic E-state index is -1.46. The van der Waals surface area contributed by atoms with E-state index in [1.807, 2.05) is 0 Å². The summed E-state index contributed by atoms with van der Waals surface area (Å²) in [5, 5.41) is 8.77. The maximum Gasteiger partial charge on any atom is 0.326 e. The van der Waals surface area contributed by atoms with E-state index in [0.29, 0.717) is 11.3 Å². The third kappa shape index (κ3) is 2.93. The van der Waals surface area contributed by atoms with Crippen molar-refractivity contribution < 1.29 is 19.0 Å². The van der Waals surface area contributed by atoms with E-state index >= 15 is 0 Å². The maximum absolute atomic E-state index is 12.8. The van der Waals surface area contributed by atoms with Crippen LogP contribution in [-0.4, -0.2) is 23.2 Å². The molecule has 0 amide bonds. The minimum Gasteiger partial charge on any atom is -0.491 e. The van der Waals surface area contributed by atoms with Gasteiger partial charge >= 0.3 is 5.97 Å². The first-order chi connectivity index (χ1) is 7.33. The van der Waals surface area contributed by atoms with Crippen LogP contribution < -0.4 is 10.5 Å². The molecule has 4 nitrogen and oxygen atoms in total. The quantitative estimate of drug-likeness (QED) is 0.813. The summed E-state index contributed by atoms with van der Waals surface area (Å²) < 4.78 is 18.0. The zero-order valence-corrected chi connectivity index (χ0v) is 9.16. The molecule has 0 bridgehead atoms. The first kappa shape index (κ1) is 12.4. The molecule has 0 aromatic heterocycles. The Bertz CT molecular complexity index is 404. The topological polar surface area (TPSA) is 72.5 Å². The second-order valence-corrected chi connectivity index (χ2v) is 3.92. The van der Waals surface area contributed by atoms with E-state index in [4.69, 9.17) is 15.6 Å². The molecule has 5 heteroatoms. The van der Waals surface area contributed by atoms with Gasteiger partial charge in [0, 0.05) is 0 Å². The highest BCUT2D eigenvalue weighted by atomic mass is 19.1. The van der Waals surface area contributed by atoms with Crippen LogP contribution in [0.4, 0.5) is 4.39 Å². The summed E-state index contributed by atoms with van der Waals surface area (Å²) in [6, 6.07) is 4.00. The number of hydrogen-bond donors (Lipinski definition) is 2. The lowest BCUT2D eigenvalue weighted by Gasteiger charge is -2.20. The Morgan fingerprint density at radius 2 is 2.25 bits per heavy atom. The molecule has 0 saturated carbocycles. The van der Waals surface area contributed by atoms with Gasteiger partial charge in [0.25, 0.3) is 0 Å². The molecule has 0 heterocycles. The molecule has 1 unspecified atom stereocenters. The normalized spacial score (nSPS) is 14.2. The number of halogens is 1. The van der Waals surface area contributed by atoms with Crippen molar-refractivity contribution in [3.05, 3.63) is 29.6 Å². The lowest BCUT2D eigenvalue weighted by Crippen LogP contribution is -2.50. The van der Waals surface area contributed by atoms with Crippen LogP contribution in [0.3, 0.4) is 0 Å². The number of carbonyl (C=O) groups is 1. The number of aryl methyl sites for hydroxylation is 1. The fourth-order valence-corrected chi connectivity index (χ4v) is 1.06. The van der Waals surface area contributed by atoms with Crippen LogP contribution in [-0.2, 0) is 4.79 Å². The number of aliphatic carboxylic acids is 1. The fraction of sp³-hybridized carbons (Fsp3) is 0.364. The van der Waals surface area contributed by atoms with Crippen LogP contribution in [0.1, 0.15) is 12.5 Å². The van der Waals surface area contributed by atoms with Crippen molar-refractivity contribution in [1.29, 1.82) is 0 Å². The zero-order chi connectivity index (χ0) is 12.3. The van der Waals surface area contributed by atoms with Gasteiger partial charge in [-0.05, 0) is 37.6 Å². The Balaban J connectivity index is 2.72. The second-order valence-electron chi connectivity index (χ2n) is 3.92. The number of rotatable bonds is 4. The summed E-state index contributed by atoms with van der Waals surface area (Å²) in [6.07, 6.45) is 0. The van der Waals surface area contributed by atoms with Gasteiger partial charge in [0.2, 0.25) is 0 Å². The largest absolute Gasteiger partial charge is 0.491 e.